The number of hydrogen-bond donors (Lipinski definition) is 1. The maximum absolute atomic E-state index is 12.5. The molecule has 0 radical (unpaired) electrons. The lowest BCUT2D eigenvalue weighted by Crippen LogP contribution is -2.17. The summed E-state index contributed by atoms with van der Waals surface area (Å²) in [6, 6.07) is 5.93. The zero-order valence-corrected chi connectivity index (χ0v) is 16.5. The average Bonchev–Trinajstić information content (AvgIpc) is 3.26. The lowest BCUT2D eigenvalue weighted by atomic mass is 10.0. The molecule has 6 heteroatoms. The summed E-state index contributed by atoms with van der Waals surface area (Å²) < 4.78 is 0. The summed E-state index contributed by atoms with van der Waals surface area (Å²) in [5.74, 6) is -0.0613. The Morgan fingerprint density at radius 1 is 1.20 bits per heavy atom. The van der Waals surface area contributed by atoms with Crippen molar-refractivity contribution in [2.24, 2.45) is 0 Å². The van der Waals surface area contributed by atoms with Gasteiger partial charge in [0, 0.05) is 27.0 Å². The van der Waals surface area contributed by atoms with Crippen LogP contribution >= 0.6 is 34.3 Å². The average molecular weight is 391 g/mol. The highest BCUT2D eigenvalue weighted by Gasteiger charge is 2.15. The predicted molar refractivity (Wildman–Crippen MR) is 108 cm³/mol. The van der Waals surface area contributed by atoms with E-state index in [2.05, 4.69) is 22.6 Å². The van der Waals surface area contributed by atoms with Gasteiger partial charge in [0.2, 0.25) is 5.91 Å². The highest BCUT2D eigenvalue weighted by molar-refractivity contribution is 7.14. The number of nitrogens with zero attached hydrogens (tertiary/aromatic N) is 1. The Morgan fingerprint density at radius 3 is 2.72 bits per heavy atom. The Hall–Kier alpha value is -1.69. The van der Waals surface area contributed by atoms with Gasteiger partial charge >= 0.3 is 0 Å². The molecule has 3 nitrogen and oxygen atoms in total. The number of anilines is 1. The van der Waals surface area contributed by atoms with Crippen LogP contribution in [0.1, 0.15) is 30.7 Å². The topological polar surface area (TPSA) is 42.0 Å². The molecule has 0 bridgehead atoms. The van der Waals surface area contributed by atoms with Crippen LogP contribution in [0.3, 0.4) is 0 Å². The SMILES string of the molecule is CCc1ccc(Cl)c(CC)c1NC(=O)Cc1csc(-c2ccsc2)n1. The van der Waals surface area contributed by atoms with Gasteiger partial charge in [0.15, 0.2) is 0 Å². The molecule has 0 atom stereocenters. The molecule has 0 saturated heterocycles. The Morgan fingerprint density at radius 2 is 2.04 bits per heavy atom. The number of amides is 1. The van der Waals surface area contributed by atoms with Crippen LogP contribution in [0.15, 0.2) is 34.3 Å². The van der Waals surface area contributed by atoms with E-state index < -0.39 is 0 Å². The number of nitrogens with one attached hydrogen (secondary N) is 1. The van der Waals surface area contributed by atoms with E-state index in [0.717, 1.165) is 45.9 Å². The van der Waals surface area contributed by atoms with Crippen molar-refractivity contribution in [2.75, 3.05) is 5.32 Å². The van der Waals surface area contributed by atoms with Crippen LogP contribution in [0, 0.1) is 0 Å². The first-order valence-corrected chi connectivity index (χ1v) is 10.4. The molecule has 0 aliphatic carbocycles. The Labute approximate surface area is 160 Å². The molecule has 0 spiro atoms. The first-order valence-electron chi connectivity index (χ1n) is 8.19. The van der Waals surface area contributed by atoms with Crippen LogP contribution < -0.4 is 5.32 Å². The molecule has 2 heterocycles. The maximum Gasteiger partial charge on any atom is 0.230 e. The third kappa shape index (κ3) is 4.11. The molecule has 25 heavy (non-hydrogen) atoms. The summed E-state index contributed by atoms with van der Waals surface area (Å²) >= 11 is 9.51. The van der Waals surface area contributed by atoms with Crippen LogP contribution in [0.4, 0.5) is 5.69 Å². The monoisotopic (exact) mass is 390 g/mol. The molecule has 0 aliphatic heterocycles. The Bertz CT molecular complexity index is 872. The molecule has 3 aromatic rings. The summed E-state index contributed by atoms with van der Waals surface area (Å²) in [4.78, 5) is 17.1. The minimum Gasteiger partial charge on any atom is -0.325 e. The van der Waals surface area contributed by atoms with Gasteiger partial charge in [0.25, 0.3) is 0 Å². The van der Waals surface area contributed by atoms with Crippen molar-refractivity contribution in [2.45, 2.75) is 33.1 Å². The molecule has 1 aromatic carbocycles. The van der Waals surface area contributed by atoms with Crippen molar-refractivity contribution in [3.8, 4) is 10.6 Å². The van der Waals surface area contributed by atoms with Gasteiger partial charge in [-0.05, 0) is 41.5 Å². The fraction of sp³-hybridized carbons (Fsp3) is 0.263. The van der Waals surface area contributed by atoms with Crippen LogP contribution in [-0.4, -0.2) is 10.9 Å². The number of rotatable bonds is 6. The van der Waals surface area contributed by atoms with Crippen molar-refractivity contribution in [3.05, 3.63) is 56.2 Å². The lowest BCUT2D eigenvalue weighted by Gasteiger charge is -2.15. The number of aromatic nitrogens is 1. The minimum atomic E-state index is -0.0613. The van der Waals surface area contributed by atoms with E-state index in [9.17, 15) is 4.79 Å². The Balaban J connectivity index is 1.76. The summed E-state index contributed by atoms with van der Waals surface area (Å²) in [7, 11) is 0. The van der Waals surface area contributed by atoms with Crippen LogP contribution in [0.2, 0.25) is 5.02 Å². The number of carbonyl (C=O) groups excluding carboxylic acids is 1. The third-order valence-electron chi connectivity index (χ3n) is 4.00. The number of benzene rings is 1. The molecular formula is C19H19ClN2OS2. The summed E-state index contributed by atoms with van der Waals surface area (Å²) in [5.41, 5.74) is 4.86. The van der Waals surface area contributed by atoms with Gasteiger partial charge in [-0.1, -0.05) is 31.5 Å². The molecule has 0 unspecified atom stereocenters. The molecule has 2 aromatic heterocycles. The quantitative estimate of drug-likeness (QED) is 0.575. The van der Waals surface area contributed by atoms with Gasteiger partial charge in [-0.2, -0.15) is 11.3 Å². The first kappa shape index (κ1) is 18.1. The van der Waals surface area contributed by atoms with Crippen LogP contribution in [0.25, 0.3) is 10.6 Å². The highest BCUT2D eigenvalue weighted by Crippen LogP contribution is 2.30. The van der Waals surface area contributed by atoms with E-state index in [1.165, 1.54) is 0 Å². The molecule has 1 amide bonds. The van der Waals surface area contributed by atoms with E-state index in [-0.39, 0.29) is 12.3 Å². The van der Waals surface area contributed by atoms with Gasteiger partial charge in [0.1, 0.15) is 5.01 Å². The van der Waals surface area contributed by atoms with Crippen LogP contribution in [-0.2, 0) is 24.1 Å². The minimum absolute atomic E-state index is 0.0613. The zero-order chi connectivity index (χ0) is 17.8. The molecule has 1 N–H and O–H groups in total. The van der Waals surface area contributed by atoms with Crippen molar-refractivity contribution in [3.63, 3.8) is 0 Å². The second-order valence-electron chi connectivity index (χ2n) is 5.65. The number of carbonyl (C=O) groups is 1. The fourth-order valence-electron chi connectivity index (χ4n) is 2.72. The van der Waals surface area contributed by atoms with E-state index in [1.54, 1.807) is 22.7 Å². The molecule has 0 aliphatic rings. The predicted octanol–water partition coefficient (Wildman–Crippen LogP) is 5.83. The zero-order valence-electron chi connectivity index (χ0n) is 14.1. The number of thiazole rings is 1. The van der Waals surface area contributed by atoms with E-state index in [4.69, 9.17) is 11.6 Å². The highest BCUT2D eigenvalue weighted by atomic mass is 35.5. The summed E-state index contributed by atoms with van der Waals surface area (Å²) in [5, 5.41) is 10.8. The summed E-state index contributed by atoms with van der Waals surface area (Å²) in [6.45, 7) is 4.12. The van der Waals surface area contributed by atoms with E-state index in [0.29, 0.717) is 5.02 Å². The number of halogens is 1. The maximum atomic E-state index is 12.5. The third-order valence-corrected chi connectivity index (χ3v) is 5.98. The van der Waals surface area contributed by atoms with Crippen molar-refractivity contribution < 1.29 is 4.79 Å². The normalized spacial score (nSPS) is 10.8. The van der Waals surface area contributed by atoms with E-state index >= 15 is 0 Å². The molecular weight excluding hydrogens is 372 g/mol. The number of thiophene rings is 1. The van der Waals surface area contributed by atoms with Gasteiger partial charge < -0.3 is 5.32 Å². The van der Waals surface area contributed by atoms with Gasteiger partial charge in [0.05, 0.1) is 12.1 Å². The standard InChI is InChI=1S/C19H19ClN2OS2/c1-3-12-5-6-16(20)15(4-2)18(12)22-17(23)9-14-11-25-19(21-14)13-7-8-24-10-13/h5-8,10-11H,3-4,9H2,1-2H3,(H,22,23). The van der Waals surface area contributed by atoms with Gasteiger partial charge in [-0.3, -0.25) is 4.79 Å². The molecule has 0 fully saturated rings. The fourth-order valence-corrected chi connectivity index (χ4v) is 4.54. The molecule has 3 rings (SSSR count). The number of hydrogen-bond acceptors (Lipinski definition) is 4. The second-order valence-corrected chi connectivity index (χ2v) is 7.69. The lowest BCUT2D eigenvalue weighted by molar-refractivity contribution is -0.115. The first-order chi connectivity index (χ1) is 12.1. The van der Waals surface area contributed by atoms with Crippen molar-refractivity contribution in [1.82, 2.24) is 4.98 Å². The summed E-state index contributed by atoms with van der Waals surface area (Å²) in [6.07, 6.45) is 1.89. The van der Waals surface area contributed by atoms with E-state index in [1.807, 2.05) is 35.9 Å². The van der Waals surface area contributed by atoms with Crippen molar-refractivity contribution >= 4 is 45.9 Å². The molecule has 130 valence electrons. The number of aryl methyl sites for hydroxylation is 1. The largest absolute Gasteiger partial charge is 0.325 e. The Kier molecular flexibility index (Phi) is 5.89. The van der Waals surface area contributed by atoms with Crippen molar-refractivity contribution in [1.29, 1.82) is 0 Å². The second kappa shape index (κ2) is 8.13. The van der Waals surface area contributed by atoms with Gasteiger partial charge in [-0.25, -0.2) is 4.98 Å². The van der Waals surface area contributed by atoms with Gasteiger partial charge in [-0.15, -0.1) is 11.3 Å². The van der Waals surface area contributed by atoms with Crippen LogP contribution in [0.5, 0.6) is 0 Å². The smallest absolute Gasteiger partial charge is 0.230 e. The molecule has 0 saturated carbocycles.